The lowest BCUT2D eigenvalue weighted by atomic mass is 10.1. The number of halogens is 1. The number of hydrogen-bond donors (Lipinski definition) is 2. The Morgan fingerprint density at radius 1 is 1.38 bits per heavy atom. The molecule has 0 fully saturated rings. The second-order valence-corrected chi connectivity index (χ2v) is 4.39. The molecule has 0 radical (unpaired) electrons. The van der Waals surface area contributed by atoms with Crippen molar-refractivity contribution in [1.82, 2.24) is 9.97 Å². The standard InChI is InChI=1S/C11H12FN3S/c12-9-5-8(1-2-13)6-10(7-9)16-11-14-3-4-15-11/h3-7H,1-2,13H2,(H,14,15). The normalized spacial score (nSPS) is 10.6. The Balaban J connectivity index is 2.20. The van der Waals surface area contributed by atoms with Gasteiger partial charge in [-0.05, 0) is 36.7 Å². The lowest BCUT2D eigenvalue weighted by Gasteiger charge is -2.03. The van der Waals surface area contributed by atoms with Gasteiger partial charge in [0.2, 0.25) is 0 Å². The SMILES string of the molecule is NCCc1cc(F)cc(Sc2ncc[nH]2)c1. The molecule has 2 aromatic rings. The molecule has 0 bridgehead atoms. The van der Waals surface area contributed by atoms with Gasteiger partial charge in [-0.15, -0.1) is 0 Å². The van der Waals surface area contributed by atoms with Gasteiger partial charge in [0.15, 0.2) is 5.16 Å². The van der Waals surface area contributed by atoms with Crippen molar-refractivity contribution in [2.24, 2.45) is 5.73 Å². The zero-order valence-corrected chi connectivity index (χ0v) is 9.43. The molecule has 0 saturated carbocycles. The molecule has 16 heavy (non-hydrogen) atoms. The molecule has 1 aromatic carbocycles. The highest BCUT2D eigenvalue weighted by molar-refractivity contribution is 7.99. The van der Waals surface area contributed by atoms with Crippen LogP contribution in [0.1, 0.15) is 5.56 Å². The van der Waals surface area contributed by atoms with E-state index in [1.54, 1.807) is 12.4 Å². The van der Waals surface area contributed by atoms with Crippen molar-refractivity contribution < 1.29 is 4.39 Å². The third-order valence-corrected chi connectivity index (χ3v) is 2.94. The van der Waals surface area contributed by atoms with E-state index in [2.05, 4.69) is 9.97 Å². The van der Waals surface area contributed by atoms with Gasteiger partial charge in [0.1, 0.15) is 5.82 Å². The van der Waals surface area contributed by atoms with Crippen molar-refractivity contribution in [1.29, 1.82) is 0 Å². The Kier molecular flexibility index (Phi) is 3.58. The van der Waals surface area contributed by atoms with Crippen LogP contribution >= 0.6 is 11.8 Å². The zero-order chi connectivity index (χ0) is 11.4. The second-order valence-electron chi connectivity index (χ2n) is 3.33. The minimum absolute atomic E-state index is 0.236. The van der Waals surface area contributed by atoms with Crippen LogP contribution in [0.4, 0.5) is 4.39 Å². The quantitative estimate of drug-likeness (QED) is 0.857. The fourth-order valence-electron chi connectivity index (χ4n) is 1.41. The molecule has 0 aliphatic rings. The Morgan fingerprint density at radius 3 is 2.94 bits per heavy atom. The number of hydrogen-bond acceptors (Lipinski definition) is 3. The minimum Gasteiger partial charge on any atom is -0.339 e. The molecule has 5 heteroatoms. The number of benzene rings is 1. The van der Waals surface area contributed by atoms with E-state index >= 15 is 0 Å². The average molecular weight is 237 g/mol. The molecule has 0 spiro atoms. The monoisotopic (exact) mass is 237 g/mol. The van der Waals surface area contributed by atoms with E-state index in [1.807, 2.05) is 6.07 Å². The van der Waals surface area contributed by atoms with Gasteiger partial charge in [-0.3, -0.25) is 0 Å². The van der Waals surface area contributed by atoms with Gasteiger partial charge in [-0.1, -0.05) is 11.8 Å². The number of H-pyrrole nitrogens is 1. The summed E-state index contributed by atoms with van der Waals surface area (Å²) in [7, 11) is 0. The van der Waals surface area contributed by atoms with Crippen molar-refractivity contribution in [2.45, 2.75) is 16.5 Å². The highest BCUT2D eigenvalue weighted by Crippen LogP contribution is 2.26. The smallest absolute Gasteiger partial charge is 0.170 e. The van der Waals surface area contributed by atoms with Gasteiger partial charge in [0.05, 0.1) is 0 Å². The summed E-state index contributed by atoms with van der Waals surface area (Å²) in [6, 6.07) is 4.94. The topological polar surface area (TPSA) is 54.7 Å². The average Bonchev–Trinajstić information content (AvgIpc) is 2.70. The number of aromatic nitrogens is 2. The van der Waals surface area contributed by atoms with Crippen LogP contribution in [0.2, 0.25) is 0 Å². The predicted octanol–water partition coefficient (Wildman–Crippen LogP) is 2.20. The third kappa shape index (κ3) is 2.84. The van der Waals surface area contributed by atoms with Gasteiger partial charge in [-0.2, -0.15) is 0 Å². The first-order valence-corrected chi connectivity index (χ1v) is 5.76. The first-order chi connectivity index (χ1) is 7.78. The van der Waals surface area contributed by atoms with Gasteiger partial charge < -0.3 is 10.7 Å². The number of imidazole rings is 1. The summed E-state index contributed by atoms with van der Waals surface area (Å²) in [5.41, 5.74) is 6.36. The fraction of sp³-hybridized carbons (Fsp3) is 0.182. The van der Waals surface area contributed by atoms with E-state index in [1.165, 1.54) is 23.9 Å². The molecular weight excluding hydrogens is 225 g/mol. The number of nitrogens with zero attached hydrogens (tertiary/aromatic N) is 1. The maximum Gasteiger partial charge on any atom is 0.170 e. The van der Waals surface area contributed by atoms with Crippen LogP contribution in [0.5, 0.6) is 0 Å². The summed E-state index contributed by atoms with van der Waals surface area (Å²) in [6.45, 7) is 0.522. The van der Waals surface area contributed by atoms with Crippen LogP contribution < -0.4 is 5.73 Å². The number of aromatic amines is 1. The lowest BCUT2D eigenvalue weighted by Crippen LogP contribution is -2.03. The summed E-state index contributed by atoms with van der Waals surface area (Å²) in [5, 5.41) is 0.754. The number of rotatable bonds is 4. The van der Waals surface area contributed by atoms with Crippen LogP contribution in [-0.2, 0) is 6.42 Å². The summed E-state index contributed by atoms with van der Waals surface area (Å²) in [6.07, 6.45) is 4.09. The molecule has 1 heterocycles. The van der Waals surface area contributed by atoms with E-state index in [4.69, 9.17) is 5.73 Å². The zero-order valence-electron chi connectivity index (χ0n) is 8.61. The number of nitrogens with two attached hydrogens (primary N) is 1. The van der Waals surface area contributed by atoms with Gasteiger partial charge in [0.25, 0.3) is 0 Å². The maximum absolute atomic E-state index is 13.3. The Bertz CT molecular complexity index is 456. The Hall–Kier alpha value is -1.33. The van der Waals surface area contributed by atoms with Gasteiger partial charge in [-0.25, -0.2) is 9.37 Å². The molecule has 3 N–H and O–H groups in total. The molecule has 2 rings (SSSR count). The van der Waals surface area contributed by atoms with E-state index < -0.39 is 0 Å². The van der Waals surface area contributed by atoms with E-state index in [0.717, 1.165) is 15.6 Å². The minimum atomic E-state index is -0.236. The second kappa shape index (κ2) is 5.14. The van der Waals surface area contributed by atoms with E-state index in [-0.39, 0.29) is 5.82 Å². The van der Waals surface area contributed by atoms with E-state index in [9.17, 15) is 4.39 Å². The number of nitrogens with one attached hydrogen (secondary N) is 1. The highest BCUT2D eigenvalue weighted by atomic mass is 32.2. The molecular formula is C11H12FN3S. The summed E-state index contributed by atoms with van der Waals surface area (Å²) >= 11 is 1.40. The lowest BCUT2D eigenvalue weighted by molar-refractivity contribution is 0.621. The van der Waals surface area contributed by atoms with Crippen molar-refractivity contribution >= 4 is 11.8 Å². The highest BCUT2D eigenvalue weighted by Gasteiger charge is 2.03. The largest absolute Gasteiger partial charge is 0.339 e. The third-order valence-electron chi connectivity index (χ3n) is 2.05. The van der Waals surface area contributed by atoms with Gasteiger partial charge in [0, 0.05) is 17.3 Å². The molecule has 84 valence electrons. The fourth-order valence-corrected chi connectivity index (χ4v) is 2.25. The van der Waals surface area contributed by atoms with Crippen molar-refractivity contribution in [2.75, 3.05) is 6.54 Å². The predicted molar refractivity (Wildman–Crippen MR) is 61.9 cm³/mol. The van der Waals surface area contributed by atoms with Crippen LogP contribution in [0.3, 0.4) is 0 Å². The molecule has 0 aliphatic heterocycles. The maximum atomic E-state index is 13.3. The van der Waals surface area contributed by atoms with Crippen molar-refractivity contribution in [3.63, 3.8) is 0 Å². The summed E-state index contributed by atoms with van der Waals surface area (Å²) in [4.78, 5) is 7.87. The van der Waals surface area contributed by atoms with Crippen molar-refractivity contribution in [3.8, 4) is 0 Å². The molecule has 0 amide bonds. The van der Waals surface area contributed by atoms with Gasteiger partial charge >= 0.3 is 0 Å². The Morgan fingerprint density at radius 2 is 2.25 bits per heavy atom. The summed E-state index contributed by atoms with van der Waals surface area (Å²) in [5.74, 6) is -0.236. The van der Waals surface area contributed by atoms with Crippen LogP contribution in [0.15, 0.2) is 40.6 Å². The van der Waals surface area contributed by atoms with Crippen LogP contribution in [-0.4, -0.2) is 16.5 Å². The first-order valence-electron chi connectivity index (χ1n) is 4.94. The van der Waals surface area contributed by atoms with Crippen LogP contribution in [0.25, 0.3) is 0 Å². The molecule has 0 saturated heterocycles. The van der Waals surface area contributed by atoms with E-state index in [0.29, 0.717) is 13.0 Å². The summed E-state index contributed by atoms with van der Waals surface area (Å²) < 4.78 is 13.3. The Labute approximate surface area is 97.3 Å². The molecule has 0 aliphatic carbocycles. The van der Waals surface area contributed by atoms with Crippen LogP contribution in [0, 0.1) is 5.82 Å². The molecule has 1 aromatic heterocycles. The first kappa shape index (κ1) is 11.2. The molecule has 0 unspecified atom stereocenters. The molecule has 0 atom stereocenters. The van der Waals surface area contributed by atoms with Crippen molar-refractivity contribution in [3.05, 3.63) is 42.0 Å². The molecule has 3 nitrogen and oxygen atoms in total.